The van der Waals surface area contributed by atoms with Gasteiger partial charge in [0.2, 0.25) is 0 Å². The van der Waals surface area contributed by atoms with Crippen LogP contribution in [-0.4, -0.2) is 42.1 Å². The van der Waals surface area contributed by atoms with Gasteiger partial charge >= 0.3 is 5.97 Å². The summed E-state index contributed by atoms with van der Waals surface area (Å²) < 4.78 is 5.19. The molecule has 6 heteroatoms. The SMILES string of the molecule is CCC1(C(=O)O)CCN(C(=O)c2ccc(N)cc2OC)C1. The molecule has 1 aliphatic rings. The number of likely N-dealkylation sites (tertiary alicyclic amines) is 1. The number of anilines is 1. The van der Waals surface area contributed by atoms with E-state index in [-0.39, 0.29) is 12.5 Å². The van der Waals surface area contributed by atoms with Crippen molar-refractivity contribution in [3.05, 3.63) is 23.8 Å². The van der Waals surface area contributed by atoms with Crippen molar-refractivity contribution in [2.45, 2.75) is 19.8 Å². The highest BCUT2D eigenvalue weighted by Crippen LogP contribution is 2.35. The molecular weight excluding hydrogens is 272 g/mol. The minimum atomic E-state index is -0.843. The van der Waals surface area contributed by atoms with Crippen molar-refractivity contribution in [2.24, 2.45) is 5.41 Å². The third-order valence-electron chi connectivity index (χ3n) is 4.23. The van der Waals surface area contributed by atoms with E-state index in [9.17, 15) is 14.7 Å². The molecule has 1 aromatic carbocycles. The molecule has 1 heterocycles. The lowest BCUT2D eigenvalue weighted by Gasteiger charge is -2.23. The Kier molecular flexibility index (Phi) is 4.06. The van der Waals surface area contributed by atoms with Crippen LogP contribution in [0.1, 0.15) is 30.1 Å². The van der Waals surface area contributed by atoms with Crippen LogP contribution in [0.4, 0.5) is 5.69 Å². The fraction of sp³-hybridized carbons (Fsp3) is 0.467. The summed E-state index contributed by atoms with van der Waals surface area (Å²) in [5, 5.41) is 9.39. The van der Waals surface area contributed by atoms with Crippen LogP contribution in [0.3, 0.4) is 0 Å². The van der Waals surface area contributed by atoms with Crippen molar-refractivity contribution >= 4 is 17.6 Å². The van der Waals surface area contributed by atoms with Gasteiger partial charge in [-0.05, 0) is 25.0 Å². The molecule has 0 saturated carbocycles. The second kappa shape index (κ2) is 5.63. The Morgan fingerprint density at radius 2 is 2.19 bits per heavy atom. The molecule has 1 unspecified atom stereocenters. The van der Waals surface area contributed by atoms with Gasteiger partial charge < -0.3 is 20.5 Å². The molecule has 1 aliphatic heterocycles. The highest BCUT2D eigenvalue weighted by Gasteiger charge is 2.45. The van der Waals surface area contributed by atoms with Gasteiger partial charge in [0, 0.05) is 24.8 Å². The van der Waals surface area contributed by atoms with E-state index < -0.39 is 11.4 Å². The predicted octanol–water partition coefficient (Wildman–Crippen LogP) is 1.60. The molecule has 0 aromatic heterocycles. The topological polar surface area (TPSA) is 92.9 Å². The number of carbonyl (C=O) groups is 2. The molecule has 1 amide bonds. The largest absolute Gasteiger partial charge is 0.496 e. The maximum Gasteiger partial charge on any atom is 0.311 e. The van der Waals surface area contributed by atoms with Gasteiger partial charge in [0.1, 0.15) is 5.75 Å². The number of hydrogen-bond donors (Lipinski definition) is 2. The third-order valence-corrected chi connectivity index (χ3v) is 4.23. The fourth-order valence-electron chi connectivity index (χ4n) is 2.71. The van der Waals surface area contributed by atoms with Crippen LogP contribution >= 0.6 is 0 Å². The van der Waals surface area contributed by atoms with E-state index in [1.807, 2.05) is 6.92 Å². The van der Waals surface area contributed by atoms with Gasteiger partial charge in [-0.3, -0.25) is 9.59 Å². The summed E-state index contributed by atoms with van der Waals surface area (Å²) in [4.78, 5) is 25.6. The van der Waals surface area contributed by atoms with Gasteiger partial charge in [-0.1, -0.05) is 6.92 Å². The maximum atomic E-state index is 12.6. The van der Waals surface area contributed by atoms with Gasteiger partial charge in [0.05, 0.1) is 18.1 Å². The molecule has 1 saturated heterocycles. The van der Waals surface area contributed by atoms with E-state index in [4.69, 9.17) is 10.5 Å². The molecule has 2 rings (SSSR count). The van der Waals surface area contributed by atoms with Crippen molar-refractivity contribution < 1.29 is 19.4 Å². The molecule has 21 heavy (non-hydrogen) atoms. The Morgan fingerprint density at radius 3 is 2.71 bits per heavy atom. The average molecular weight is 292 g/mol. The van der Waals surface area contributed by atoms with Crippen LogP contribution in [0, 0.1) is 5.41 Å². The third kappa shape index (κ3) is 2.66. The molecule has 0 spiro atoms. The van der Waals surface area contributed by atoms with Crippen LogP contribution < -0.4 is 10.5 Å². The zero-order valence-electron chi connectivity index (χ0n) is 12.3. The van der Waals surface area contributed by atoms with Crippen molar-refractivity contribution in [1.29, 1.82) is 0 Å². The normalized spacial score (nSPS) is 21.3. The summed E-state index contributed by atoms with van der Waals surface area (Å²) in [6.45, 7) is 2.50. The number of aliphatic carboxylic acids is 1. The number of nitrogens with zero attached hydrogens (tertiary/aromatic N) is 1. The number of carboxylic acid groups (broad SMARTS) is 1. The van der Waals surface area contributed by atoms with Crippen molar-refractivity contribution in [3.63, 3.8) is 0 Å². The molecule has 3 N–H and O–H groups in total. The second-order valence-corrected chi connectivity index (χ2v) is 5.38. The lowest BCUT2D eigenvalue weighted by Crippen LogP contribution is -2.36. The van der Waals surface area contributed by atoms with E-state index in [2.05, 4.69) is 0 Å². The molecular formula is C15H20N2O4. The zero-order chi connectivity index (χ0) is 15.6. The molecule has 1 atom stereocenters. The molecule has 0 aliphatic carbocycles. The minimum absolute atomic E-state index is 0.219. The first-order valence-electron chi connectivity index (χ1n) is 6.89. The number of nitrogens with two attached hydrogens (primary N) is 1. The lowest BCUT2D eigenvalue weighted by molar-refractivity contribution is -0.148. The van der Waals surface area contributed by atoms with Crippen LogP contribution in [-0.2, 0) is 4.79 Å². The summed E-state index contributed by atoms with van der Waals surface area (Å²) >= 11 is 0. The summed E-state index contributed by atoms with van der Waals surface area (Å²) in [6, 6.07) is 4.84. The highest BCUT2D eigenvalue weighted by atomic mass is 16.5. The summed E-state index contributed by atoms with van der Waals surface area (Å²) in [5.74, 6) is -0.655. The number of carboxylic acids is 1. The lowest BCUT2D eigenvalue weighted by atomic mass is 9.84. The number of nitrogen functional groups attached to an aromatic ring is 1. The molecule has 114 valence electrons. The number of hydrogen-bond acceptors (Lipinski definition) is 4. The van der Waals surface area contributed by atoms with Gasteiger partial charge in [0.15, 0.2) is 0 Å². The van der Waals surface area contributed by atoms with E-state index in [0.29, 0.717) is 36.4 Å². The van der Waals surface area contributed by atoms with Crippen molar-refractivity contribution in [1.82, 2.24) is 4.90 Å². The predicted molar refractivity (Wildman–Crippen MR) is 78.3 cm³/mol. The summed E-state index contributed by atoms with van der Waals surface area (Å²) in [6.07, 6.45) is 0.979. The van der Waals surface area contributed by atoms with E-state index in [0.717, 1.165) is 0 Å². The van der Waals surface area contributed by atoms with Gasteiger partial charge in [-0.15, -0.1) is 0 Å². The minimum Gasteiger partial charge on any atom is -0.496 e. The molecule has 1 fully saturated rings. The zero-order valence-corrected chi connectivity index (χ0v) is 12.3. The number of amides is 1. The summed E-state index contributed by atoms with van der Waals surface area (Å²) in [5.41, 5.74) is 5.76. The number of methoxy groups -OCH3 is 1. The Hall–Kier alpha value is -2.24. The average Bonchev–Trinajstić information content (AvgIpc) is 2.92. The number of benzene rings is 1. The first-order chi connectivity index (χ1) is 9.93. The van der Waals surface area contributed by atoms with Crippen LogP contribution in [0.2, 0.25) is 0 Å². The maximum absolute atomic E-state index is 12.6. The monoisotopic (exact) mass is 292 g/mol. The van der Waals surface area contributed by atoms with Gasteiger partial charge in [-0.25, -0.2) is 0 Å². The van der Waals surface area contributed by atoms with E-state index >= 15 is 0 Å². The Labute approximate surface area is 123 Å². The van der Waals surface area contributed by atoms with E-state index in [1.165, 1.54) is 7.11 Å². The molecule has 0 bridgehead atoms. The standard InChI is InChI=1S/C15H20N2O4/c1-3-15(14(19)20)6-7-17(9-15)13(18)11-5-4-10(16)8-12(11)21-2/h4-5,8H,3,6-7,9,16H2,1-2H3,(H,19,20). The Balaban J connectivity index is 2.25. The fourth-order valence-corrected chi connectivity index (χ4v) is 2.71. The van der Waals surface area contributed by atoms with Crippen LogP contribution in [0.5, 0.6) is 5.75 Å². The van der Waals surface area contributed by atoms with Crippen LogP contribution in [0.15, 0.2) is 18.2 Å². The first kappa shape index (κ1) is 15.2. The smallest absolute Gasteiger partial charge is 0.311 e. The molecule has 0 radical (unpaired) electrons. The van der Waals surface area contributed by atoms with Gasteiger partial charge in [0.25, 0.3) is 5.91 Å². The summed E-state index contributed by atoms with van der Waals surface area (Å²) in [7, 11) is 1.48. The first-order valence-corrected chi connectivity index (χ1v) is 6.89. The number of carbonyl (C=O) groups excluding carboxylic acids is 1. The molecule has 1 aromatic rings. The number of ether oxygens (including phenoxy) is 1. The quantitative estimate of drug-likeness (QED) is 0.822. The molecule has 6 nitrogen and oxygen atoms in total. The van der Waals surface area contributed by atoms with Crippen LogP contribution in [0.25, 0.3) is 0 Å². The van der Waals surface area contributed by atoms with Crippen molar-refractivity contribution in [2.75, 3.05) is 25.9 Å². The van der Waals surface area contributed by atoms with Gasteiger partial charge in [-0.2, -0.15) is 0 Å². The van der Waals surface area contributed by atoms with E-state index in [1.54, 1.807) is 23.1 Å². The van der Waals surface area contributed by atoms with Crippen molar-refractivity contribution in [3.8, 4) is 5.75 Å². The Bertz CT molecular complexity index is 573. The highest BCUT2D eigenvalue weighted by molar-refractivity contribution is 5.98. The Morgan fingerprint density at radius 1 is 1.48 bits per heavy atom. The second-order valence-electron chi connectivity index (χ2n) is 5.38. The number of rotatable bonds is 4.